The number of benzene rings is 1. The lowest BCUT2D eigenvalue weighted by molar-refractivity contribution is -0.131. The van der Waals surface area contributed by atoms with Gasteiger partial charge in [0.2, 0.25) is 11.8 Å². The molecule has 0 aliphatic carbocycles. The van der Waals surface area contributed by atoms with Crippen molar-refractivity contribution in [2.45, 2.75) is 57.5 Å². The maximum atomic E-state index is 12.6. The number of methoxy groups -OCH3 is 1. The lowest BCUT2D eigenvalue weighted by atomic mass is 10.0. The van der Waals surface area contributed by atoms with Crippen LogP contribution in [0.25, 0.3) is 0 Å². The van der Waals surface area contributed by atoms with Crippen LogP contribution in [0.15, 0.2) is 24.3 Å². The number of hydrogen-bond donors (Lipinski definition) is 3. The summed E-state index contributed by atoms with van der Waals surface area (Å²) in [6.07, 6.45) is 3.97. The first-order chi connectivity index (χ1) is 13.9. The van der Waals surface area contributed by atoms with Gasteiger partial charge in [-0.25, -0.2) is 4.79 Å². The Morgan fingerprint density at radius 3 is 2.55 bits per heavy atom. The molecule has 8 heteroatoms. The number of ether oxygens (including phenoxy) is 1. The van der Waals surface area contributed by atoms with E-state index in [2.05, 4.69) is 10.6 Å². The summed E-state index contributed by atoms with van der Waals surface area (Å²) >= 11 is 0. The zero-order valence-corrected chi connectivity index (χ0v) is 17.3. The highest BCUT2D eigenvalue weighted by Crippen LogP contribution is 2.20. The lowest BCUT2D eigenvalue weighted by Gasteiger charge is -2.33. The van der Waals surface area contributed by atoms with Gasteiger partial charge in [-0.2, -0.15) is 0 Å². The summed E-state index contributed by atoms with van der Waals surface area (Å²) in [7, 11) is 1.60. The third-order valence-corrected chi connectivity index (χ3v) is 5.21. The van der Waals surface area contributed by atoms with E-state index in [1.165, 1.54) is 0 Å². The number of primary amides is 1. The van der Waals surface area contributed by atoms with Crippen molar-refractivity contribution in [3.63, 3.8) is 0 Å². The van der Waals surface area contributed by atoms with Crippen molar-refractivity contribution >= 4 is 17.8 Å². The molecule has 160 valence electrons. The number of para-hydroxylation sites is 1. The third-order valence-electron chi connectivity index (χ3n) is 5.21. The number of carbonyl (C=O) groups is 3. The Labute approximate surface area is 172 Å². The number of nitrogens with two attached hydrogens (primary N) is 1. The summed E-state index contributed by atoms with van der Waals surface area (Å²) < 4.78 is 5.32. The van der Waals surface area contributed by atoms with E-state index in [-0.39, 0.29) is 17.9 Å². The van der Waals surface area contributed by atoms with Crippen molar-refractivity contribution < 1.29 is 19.1 Å². The van der Waals surface area contributed by atoms with E-state index in [0.29, 0.717) is 44.5 Å². The van der Waals surface area contributed by atoms with E-state index in [1.54, 1.807) is 7.11 Å². The van der Waals surface area contributed by atoms with Crippen LogP contribution in [-0.2, 0) is 16.0 Å². The Balaban J connectivity index is 1.83. The second-order valence-electron chi connectivity index (χ2n) is 7.36. The van der Waals surface area contributed by atoms with E-state index in [0.717, 1.165) is 18.4 Å². The minimum atomic E-state index is -0.696. The van der Waals surface area contributed by atoms with Crippen molar-refractivity contribution in [3.8, 4) is 5.75 Å². The van der Waals surface area contributed by atoms with Gasteiger partial charge in [-0.3, -0.25) is 9.59 Å². The van der Waals surface area contributed by atoms with Gasteiger partial charge >= 0.3 is 6.03 Å². The molecular formula is C21H32N4O4. The highest BCUT2D eigenvalue weighted by Gasteiger charge is 2.27. The molecule has 0 radical (unpaired) electrons. The molecule has 1 unspecified atom stereocenters. The van der Waals surface area contributed by atoms with Crippen LogP contribution in [0.3, 0.4) is 0 Å². The van der Waals surface area contributed by atoms with Gasteiger partial charge in [0.25, 0.3) is 0 Å². The monoisotopic (exact) mass is 404 g/mol. The van der Waals surface area contributed by atoms with Crippen LogP contribution in [0, 0.1) is 0 Å². The largest absolute Gasteiger partial charge is 0.496 e. The Hall–Kier alpha value is -2.77. The molecule has 1 aromatic carbocycles. The molecule has 1 aliphatic rings. The molecule has 0 saturated carbocycles. The maximum Gasteiger partial charge on any atom is 0.312 e. The zero-order valence-electron chi connectivity index (χ0n) is 17.3. The summed E-state index contributed by atoms with van der Waals surface area (Å²) in [5.41, 5.74) is 6.06. The molecule has 2 rings (SSSR count). The first-order valence-electron chi connectivity index (χ1n) is 10.2. The second kappa shape index (κ2) is 11.3. The van der Waals surface area contributed by atoms with Crippen LogP contribution in [0.5, 0.6) is 5.75 Å². The summed E-state index contributed by atoms with van der Waals surface area (Å²) in [6.45, 7) is 3.20. The molecule has 1 atom stereocenters. The third kappa shape index (κ3) is 6.96. The van der Waals surface area contributed by atoms with Crippen molar-refractivity contribution in [1.82, 2.24) is 15.5 Å². The molecular weight excluding hydrogens is 372 g/mol. The van der Waals surface area contributed by atoms with E-state index >= 15 is 0 Å². The Kier molecular flexibility index (Phi) is 8.76. The quantitative estimate of drug-likeness (QED) is 0.580. The topological polar surface area (TPSA) is 114 Å². The predicted molar refractivity (Wildman–Crippen MR) is 110 cm³/mol. The number of nitrogens with zero attached hydrogens (tertiary/aromatic N) is 1. The predicted octanol–water partition coefficient (Wildman–Crippen LogP) is 1.57. The number of hydrogen-bond acceptors (Lipinski definition) is 4. The van der Waals surface area contributed by atoms with Crippen LogP contribution in [0.2, 0.25) is 0 Å². The van der Waals surface area contributed by atoms with E-state index in [4.69, 9.17) is 10.5 Å². The lowest BCUT2D eigenvalue weighted by Crippen LogP contribution is -2.53. The molecule has 1 aromatic rings. The summed E-state index contributed by atoms with van der Waals surface area (Å²) in [5, 5.41) is 5.51. The fourth-order valence-electron chi connectivity index (χ4n) is 3.55. The summed E-state index contributed by atoms with van der Waals surface area (Å²) in [5.74, 6) is 0.551. The molecule has 1 fully saturated rings. The fraction of sp³-hybridized carbons (Fsp3) is 0.571. The average Bonchev–Trinajstić information content (AvgIpc) is 2.71. The van der Waals surface area contributed by atoms with Gasteiger partial charge in [-0.1, -0.05) is 38.0 Å². The highest BCUT2D eigenvalue weighted by molar-refractivity contribution is 5.86. The average molecular weight is 405 g/mol. The Bertz CT molecular complexity index is 702. The zero-order chi connectivity index (χ0) is 21.2. The molecule has 1 heterocycles. The van der Waals surface area contributed by atoms with Crippen molar-refractivity contribution in [1.29, 1.82) is 0 Å². The van der Waals surface area contributed by atoms with Crippen LogP contribution >= 0.6 is 0 Å². The van der Waals surface area contributed by atoms with Gasteiger partial charge in [0, 0.05) is 24.7 Å². The number of rotatable bonds is 9. The molecule has 0 aromatic heterocycles. The number of carbonyl (C=O) groups excluding carboxylic acids is 3. The Morgan fingerprint density at radius 1 is 1.24 bits per heavy atom. The number of unbranched alkanes of at least 4 members (excludes halogenated alkanes) is 1. The molecule has 1 saturated heterocycles. The SMILES string of the molecule is CCCCC(NC(N)=O)C(=O)NC1CCN(C(=O)Cc2ccccc2OC)CC1. The smallest absolute Gasteiger partial charge is 0.312 e. The molecule has 0 bridgehead atoms. The van der Waals surface area contributed by atoms with Crippen LogP contribution in [0.1, 0.15) is 44.6 Å². The van der Waals surface area contributed by atoms with Gasteiger partial charge < -0.3 is 26.0 Å². The summed E-state index contributed by atoms with van der Waals surface area (Å²) in [4.78, 5) is 38.1. The molecule has 4 N–H and O–H groups in total. The standard InChI is InChI=1S/C21H32N4O4/c1-3-4-8-17(24-21(22)28)20(27)23-16-10-12-25(13-11-16)19(26)14-15-7-5-6-9-18(15)29-2/h5-7,9,16-17H,3-4,8,10-14H2,1-2H3,(H,23,27)(H3,22,24,28). The van der Waals surface area contributed by atoms with Crippen molar-refractivity contribution in [2.24, 2.45) is 5.73 Å². The summed E-state index contributed by atoms with van der Waals surface area (Å²) in [6, 6.07) is 6.18. The molecule has 4 amide bonds. The van der Waals surface area contributed by atoms with Gasteiger partial charge in [0.05, 0.1) is 13.5 Å². The van der Waals surface area contributed by atoms with Gasteiger partial charge in [0.1, 0.15) is 11.8 Å². The van der Waals surface area contributed by atoms with Gasteiger partial charge in [0.15, 0.2) is 0 Å². The Morgan fingerprint density at radius 2 is 1.93 bits per heavy atom. The molecule has 8 nitrogen and oxygen atoms in total. The number of nitrogens with one attached hydrogen (secondary N) is 2. The second-order valence-corrected chi connectivity index (χ2v) is 7.36. The van der Waals surface area contributed by atoms with Crippen LogP contribution in [0.4, 0.5) is 4.79 Å². The number of amides is 4. The molecule has 0 spiro atoms. The maximum absolute atomic E-state index is 12.6. The molecule has 1 aliphatic heterocycles. The van der Waals surface area contributed by atoms with Crippen LogP contribution < -0.4 is 21.1 Å². The first kappa shape index (κ1) is 22.5. The normalized spacial score (nSPS) is 15.4. The van der Waals surface area contributed by atoms with Crippen LogP contribution in [-0.4, -0.2) is 55.0 Å². The van der Waals surface area contributed by atoms with Crippen molar-refractivity contribution in [3.05, 3.63) is 29.8 Å². The van der Waals surface area contributed by atoms with Crippen molar-refractivity contribution in [2.75, 3.05) is 20.2 Å². The molecule has 29 heavy (non-hydrogen) atoms. The van der Waals surface area contributed by atoms with Gasteiger partial charge in [-0.15, -0.1) is 0 Å². The minimum absolute atomic E-state index is 0.0170. The van der Waals surface area contributed by atoms with E-state index < -0.39 is 12.1 Å². The number of piperidine rings is 1. The fourth-order valence-corrected chi connectivity index (χ4v) is 3.55. The van der Waals surface area contributed by atoms with Gasteiger partial charge in [-0.05, 0) is 25.3 Å². The minimum Gasteiger partial charge on any atom is -0.496 e. The van der Waals surface area contributed by atoms with E-state index in [1.807, 2.05) is 36.1 Å². The number of urea groups is 1. The highest BCUT2D eigenvalue weighted by atomic mass is 16.5. The number of likely N-dealkylation sites (tertiary alicyclic amines) is 1. The van der Waals surface area contributed by atoms with E-state index in [9.17, 15) is 14.4 Å². The first-order valence-corrected chi connectivity index (χ1v) is 10.2.